The fourth-order valence-electron chi connectivity index (χ4n) is 2.33. The van der Waals surface area contributed by atoms with E-state index < -0.39 is 17.9 Å². The number of carbonyl (C=O) groups excluding carboxylic acids is 1. The molecule has 2 aliphatic rings. The van der Waals surface area contributed by atoms with Gasteiger partial charge in [0.25, 0.3) is 0 Å². The summed E-state index contributed by atoms with van der Waals surface area (Å²) in [6.45, 7) is 1.03. The zero-order valence-corrected chi connectivity index (χ0v) is 9.80. The van der Waals surface area contributed by atoms with E-state index in [1.54, 1.807) is 18.2 Å². The summed E-state index contributed by atoms with van der Waals surface area (Å²) in [7, 11) is 0. The average molecular weight is 250 g/mol. The molecule has 1 aromatic carbocycles. The summed E-state index contributed by atoms with van der Waals surface area (Å²) in [5, 5.41) is 9.76. The SMILES string of the molecule is O=C1OC2(CCOCC2)O[C@@H]1c1ccccc1O. The van der Waals surface area contributed by atoms with Crippen LogP contribution in [0, 0.1) is 0 Å². The van der Waals surface area contributed by atoms with Crippen molar-refractivity contribution in [2.24, 2.45) is 0 Å². The highest BCUT2D eigenvalue weighted by molar-refractivity contribution is 5.79. The third-order valence-corrected chi connectivity index (χ3v) is 3.31. The van der Waals surface area contributed by atoms with Crippen molar-refractivity contribution in [3.63, 3.8) is 0 Å². The van der Waals surface area contributed by atoms with Crippen LogP contribution < -0.4 is 0 Å². The van der Waals surface area contributed by atoms with Crippen LogP contribution in [0.1, 0.15) is 24.5 Å². The molecule has 0 saturated carbocycles. The van der Waals surface area contributed by atoms with Crippen molar-refractivity contribution in [2.45, 2.75) is 24.7 Å². The van der Waals surface area contributed by atoms with Gasteiger partial charge in [0.1, 0.15) is 5.75 Å². The lowest BCUT2D eigenvalue weighted by molar-refractivity contribution is -0.212. The van der Waals surface area contributed by atoms with Crippen LogP contribution in [-0.4, -0.2) is 30.1 Å². The lowest BCUT2D eigenvalue weighted by Gasteiger charge is -2.30. The van der Waals surface area contributed by atoms with E-state index in [0.29, 0.717) is 31.6 Å². The number of esters is 1. The number of ether oxygens (including phenoxy) is 3. The number of para-hydroxylation sites is 1. The normalized spacial score (nSPS) is 26.2. The van der Waals surface area contributed by atoms with Crippen molar-refractivity contribution in [2.75, 3.05) is 13.2 Å². The minimum atomic E-state index is -0.873. The van der Waals surface area contributed by atoms with Gasteiger partial charge in [-0.2, -0.15) is 0 Å². The molecule has 2 aliphatic heterocycles. The number of phenolic OH excluding ortho intramolecular Hbond substituents is 1. The number of benzene rings is 1. The lowest BCUT2D eigenvalue weighted by Crippen LogP contribution is -2.37. The van der Waals surface area contributed by atoms with Gasteiger partial charge in [-0.3, -0.25) is 0 Å². The first kappa shape index (κ1) is 11.5. The fourth-order valence-corrected chi connectivity index (χ4v) is 2.33. The Bertz CT molecular complexity index is 464. The molecule has 0 unspecified atom stereocenters. The van der Waals surface area contributed by atoms with Crippen LogP contribution in [0.4, 0.5) is 0 Å². The molecule has 5 nitrogen and oxygen atoms in total. The predicted octanol–water partition coefficient (Wildman–Crippen LogP) is 1.51. The Morgan fingerprint density at radius 2 is 1.94 bits per heavy atom. The second-order valence-corrected chi connectivity index (χ2v) is 4.50. The van der Waals surface area contributed by atoms with E-state index in [2.05, 4.69) is 0 Å². The van der Waals surface area contributed by atoms with Crippen LogP contribution in [0.15, 0.2) is 24.3 Å². The van der Waals surface area contributed by atoms with E-state index in [4.69, 9.17) is 14.2 Å². The first-order valence-electron chi connectivity index (χ1n) is 5.96. The maximum absolute atomic E-state index is 11.9. The van der Waals surface area contributed by atoms with Crippen molar-refractivity contribution in [3.05, 3.63) is 29.8 Å². The zero-order chi connectivity index (χ0) is 12.6. The van der Waals surface area contributed by atoms with E-state index in [0.717, 1.165) is 0 Å². The molecule has 2 saturated heterocycles. The van der Waals surface area contributed by atoms with E-state index in [9.17, 15) is 9.90 Å². The molecule has 0 amide bonds. The van der Waals surface area contributed by atoms with Gasteiger partial charge in [0.05, 0.1) is 13.2 Å². The molecule has 2 heterocycles. The maximum atomic E-state index is 11.9. The molecule has 0 aliphatic carbocycles. The largest absolute Gasteiger partial charge is 0.508 e. The van der Waals surface area contributed by atoms with Crippen molar-refractivity contribution in [1.29, 1.82) is 0 Å². The molecule has 0 radical (unpaired) electrons. The molecular formula is C13H14O5. The Hall–Kier alpha value is -1.59. The Morgan fingerprint density at radius 3 is 2.67 bits per heavy atom. The molecule has 1 N–H and O–H groups in total. The molecule has 5 heteroatoms. The summed E-state index contributed by atoms with van der Waals surface area (Å²) >= 11 is 0. The topological polar surface area (TPSA) is 65.0 Å². The van der Waals surface area contributed by atoms with Crippen LogP contribution in [0.25, 0.3) is 0 Å². The summed E-state index contributed by atoms with van der Waals surface area (Å²) in [5.74, 6) is -1.27. The molecule has 1 atom stereocenters. The maximum Gasteiger partial charge on any atom is 0.342 e. The number of hydrogen-bond acceptors (Lipinski definition) is 5. The van der Waals surface area contributed by atoms with Gasteiger partial charge < -0.3 is 19.3 Å². The molecule has 18 heavy (non-hydrogen) atoms. The van der Waals surface area contributed by atoms with Gasteiger partial charge in [-0.15, -0.1) is 0 Å². The van der Waals surface area contributed by atoms with E-state index in [1.165, 1.54) is 6.07 Å². The van der Waals surface area contributed by atoms with Crippen LogP contribution in [0.2, 0.25) is 0 Å². The molecular weight excluding hydrogens is 236 g/mol. The number of hydrogen-bond donors (Lipinski definition) is 1. The van der Waals surface area contributed by atoms with Crippen molar-refractivity contribution >= 4 is 5.97 Å². The smallest absolute Gasteiger partial charge is 0.342 e. The van der Waals surface area contributed by atoms with Crippen molar-refractivity contribution in [1.82, 2.24) is 0 Å². The number of carbonyl (C=O) groups is 1. The lowest BCUT2D eigenvalue weighted by atomic mass is 10.1. The Labute approximate surface area is 104 Å². The zero-order valence-electron chi connectivity index (χ0n) is 9.80. The highest BCUT2D eigenvalue weighted by Crippen LogP contribution is 2.42. The quantitative estimate of drug-likeness (QED) is 0.765. The number of phenols is 1. The van der Waals surface area contributed by atoms with Crippen LogP contribution in [-0.2, 0) is 19.0 Å². The number of rotatable bonds is 1. The van der Waals surface area contributed by atoms with E-state index in [1.807, 2.05) is 0 Å². The molecule has 1 spiro atoms. The summed E-state index contributed by atoms with van der Waals surface area (Å²) in [5.41, 5.74) is 0.450. The number of aromatic hydroxyl groups is 1. The Balaban J connectivity index is 1.87. The first-order chi connectivity index (χ1) is 8.70. The van der Waals surface area contributed by atoms with Gasteiger partial charge in [0, 0.05) is 18.4 Å². The van der Waals surface area contributed by atoms with Gasteiger partial charge >= 0.3 is 5.97 Å². The van der Waals surface area contributed by atoms with E-state index >= 15 is 0 Å². The van der Waals surface area contributed by atoms with Crippen LogP contribution >= 0.6 is 0 Å². The third kappa shape index (κ3) is 1.85. The minimum Gasteiger partial charge on any atom is -0.508 e. The Morgan fingerprint density at radius 1 is 1.22 bits per heavy atom. The van der Waals surface area contributed by atoms with Crippen LogP contribution in [0.5, 0.6) is 5.75 Å². The summed E-state index contributed by atoms with van der Waals surface area (Å²) in [6, 6.07) is 6.64. The van der Waals surface area contributed by atoms with Crippen LogP contribution in [0.3, 0.4) is 0 Å². The van der Waals surface area contributed by atoms with E-state index in [-0.39, 0.29) is 5.75 Å². The van der Waals surface area contributed by atoms with Crippen molar-refractivity contribution in [3.8, 4) is 5.75 Å². The highest BCUT2D eigenvalue weighted by atomic mass is 16.8. The van der Waals surface area contributed by atoms with Gasteiger partial charge in [-0.25, -0.2) is 4.79 Å². The summed E-state index contributed by atoms with van der Waals surface area (Å²) in [6.07, 6.45) is 0.218. The minimum absolute atomic E-state index is 0.0450. The van der Waals surface area contributed by atoms with Crippen molar-refractivity contribution < 1.29 is 24.1 Å². The molecule has 0 aromatic heterocycles. The summed E-state index contributed by atoms with van der Waals surface area (Å²) < 4.78 is 16.4. The predicted molar refractivity (Wildman–Crippen MR) is 60.8 cm³/mol. The molecule has 0 bridgehead atoms. The monoisotopic (exact) mass is 250 g/mol. The van der Waals surface area contributed by atoms with Gasteiger partial charge in [0.15, 0.2) is 6.10 Å². The highest BCUT2D eigenvalue weighted by Gasteiger charge is 2.49. The fraction of sp³-hybridized carbons (Fsp3) is 0.462. The first-order valence-corrected chi connectivity index (χ1v) is 5.96. The molecule has 1 aromatic rings. The molecule has 3 rings (SSSR count). The molecule has 2 fully saturated rings. The Kier molecular flexibility index (Phi) is 2.72. The van der Waals surface area contributed by atoms with Gasteiger partial charge in [-0.1, -0.05) is 18.2 Å². The standard InChI is InChI=1S/C13H14O5/c14-10-4-2-1-3-9(10)11-12(15)18-13(17-11)5-7-16-8-6-13/h1-4,11,14H,5-8H2/t11-/m1/s1. The third-order valence-electron chi connectivity index (χ3n) is 3.31. The summed E-state index contributed by atoms with van der Waals surface area (Å²) in [4.78, 5) is 11.9. The van der Waals surface area contributed by atoms with Gasteiger partial charge in [0.2, 0.25) is 5.79 Å². The molecule has 96 valence electrons. The van der Waals surface area contributed by atoms with Gasteiger partial charge in [-0.05, 0) is 6.07 Å². The second kappa shape index (κ2) is 4.26. The second-order valence-electron chi connectivity index (χ2n) is 4.50. The average Bonchev–Trinajstić information content (AvgIpc) is 2.67.